The Kier molecular flexibility index (Phi) is 7.96. The summed E-state index contributed by atoms with van der Waals surface area (Å²) in [4.78, 5) is 16.4. The van der Waals surface area contributed by atoms with E-state index in [2.05, 4.69) is 4.90 Å². The Hall–Kier alpha value is -2.37. The van der Waals surface area contributed by atoms with Gasteiger partial charge in [-0.1, -0.05) is 11.6 Å². The average molecular weight is 483 g/mol. The quantitative estimate of drug-likeness (QED) is 0.438. The highest BCUT2D eigenvalue weighted by molar-refractivity contribution is 7.92. The van der Waals surface area contributed by atoms with Crippen molar-refractivity contribution in [1.29, 1.82) is 0 Å². The lowest BCUT2D eigenvalue weighted by molar-refractivity contribution is -0.135. The van der Waals surface area contributed by atoms with Gasteiger partial charge in [0.15, 0.2) is 0 Å². The van der Waals surface area contributed by atoms with Crippen LogP contribution >= 0.6 is 11.6 Å². The number of ether oxygens (including phenoxy) is 1. The number of likely N-dealkylation sites (N-methyl/N-ethyl adjacent to an activating group) is 1. The van der Waals surface area contributed by atoms with Gasteiger partial charge in [-0.2, -0.15) is 0 Å². The van der Waals surface area contributed by atoms with Crippen LogP contribution in [0.3, 0.4) is 0 Å². The lowest BCUT2D eigenvalue weighted by Gasteiger charge is -2.38. The molecular formula is C21H27ClN4O5S. The monoisotopic (exact) mass is 482 g/mol. The molecule has 1 aliphatic rings. The van der Waals surface area contributed by atoms with E-state index in [1.165, 1.54) is 0 Å². The van der Waals surface area contributed by atoms with E-state index in [0.29, 0.717) is 35.3 Å². The van der Waals surface area contributed by atoms with Crippen LogP contribution in [0.4, 0.5) is 5.69 Å². The minimum absolute atomic E-state index is 0.133. The van der Waals surface area contributed by atoms with Crippen molar-refractivity contribution in [3.8, 4) is 11.5 Å². The Morgan fingerprint density at radius 1 is 1.09 bits per heavy atom. The van der Waals surface area contributed by atoms with Gasteiger partial charge < -0.3 is 9.64 Å². The predicted octanol–water partition coefficient (Wildman–Crippen LogP) is 2.02. The number of halogens is 1. The number of hydrogen-bond acceptors (Lipinski definition) is 7. The molecule has 1 fully saturated rings. The molecule has 0 bridgehead atoms. The van der Waals surface area contributed by atoms with Crippen molar-refractivity contribution < 1.29 is 23.2 Å². The molecule has 11 heteroatoms. The smallest absolute Gasteiger partial charge is 0.262 e. The molecule has 1 saturated heterocycles. The minimum Gasteiger partial charge on any atom is -0.457 e. The third kappa shape index (κ3) is 6.33. The van der Waals surface area contributed by atoms with Crippen LogP contribution in [-0.4, -0.2) is 81.4 Å². The van der Waals surface area contributed by atoms with Crippen LogP contribution in [0.25, 0.3) is 0 Å². The van der Waals surface area contributed by atoms with Gasteiger partial charge in [0, 0.05) is 31.2 Å². The Morgan fingerprint density at radius 3 is 2.12 bits per heavy atom. The van der Waals surface area contributed by atoms with Gasteiger partial charge >= 0.3 is 0 Å². The second-order valence-corrected chi connectivity index (χ2v) is 10.0. The molecule has 3 rings (SSSR count). The largest absolute Gasteiger partial charge is 0.457 e. The molecule has 0 aliphatic carbocycles. The van der Waals surface area contributed by atoms with E-state index >= 15 is 0 Å². The summed E-state index contributed by atoms with van der Waals surface area (Å²) in [6.45, 7) is 2.52. The number of rotatable bonds is 8. The van der Waals surface area contributed by atoms with Gasteiger partial charge in [-0.05, 0) is 55.6 Å². The zero-order valence-corrected chi connectivity index (χ0v) is 19.5. The van der Waals surface area contributed by atoms with Crippen molar-refractivity contribution in [1.82, 2.24) is 15.3 Å². The van der Waals surface area contributed by atoms with Crippen molar-refractivity contribution in [3.63, 3.8) is 0 Å². The standard InChI is InChI=1S/C21H27ClN4O5S/c1-24-11-13-25(14-12-24)20(21(27)23-28)15-26(32(2,29)30)17-5-9-19(10-6-17)31-18-7-3-16(22)4-8-18/h3-10,20,28H,11-15H2,1-2H3,(H,23,27)/t20-/m0/s1. The van der Waals surface area contributed by atoms with Crippen LogP contribution in [0.5, 0.6) is 11.5 Å². The van der Waals surface area contributed by atoms with Gasteiger partial charge in [0.1, 0.15) is 17.5 Å². The molecule has 0 saturated carbocycles. The van der Waals surface area contributed by atoms with E-state index in [9.17, 15) is 18.4 Å². The second kappa shape index (κ2) is 10.5. The number of anilines is 1. The Bertz CT molecular complexity index is 1010. The molecule has 2 N–H and O–H groups in total. The van der Waals surface area contributed by atoms with Crippen molar-refractivity contribution in [2.24, 2.45) is 0 Å². The average Bonchev–Trinajstić information content (AvgIpc) is 2.76. The number of sulfonamides is 1. The fourth-order valence-corrected chi connectivity index (χ4v) is 4.52. The maximum absolute atomic E-state index is 12.6. The maximum Gasteiger partial charge on any atom is 0.262 e. The highest BCUT2D eigenvalue weighted by Gasteiger charge is 2.32. The zero-order chi connectivity index (χ0) is 23.3. The summed E-state index contributed by atoms with van der Waals surface area (Å²) < 4.78 is 32.1. The fourth-order valence-electron chi connectivity index (χ4n) is 3.48. The highest BCUT2D eigenvalue weighted by atomic mass is 35.5. The van der Waals surface area contributed by atoms with E-state index < -0.39 is 22.0 Å². The molecule has 1 amide bonds. The molecule has 0 unspecified atom stereocenters. The molecule has 1 atom stereocenters. The van der Waals surface area contributed by atoms with Crippen molar-refractivity contribution in [2.75, 3.05) is 50.3 Å². The van der Waals surface area contributed by atoms with Gasteiger partial charge in [0.25, 0.3) is 5.91 Å². The van der Waals surface area contributed by atoms with Crippen molar-refractivity contribution >= 4 is 33.2 Å². The summed E-state index contributed by atoms with van der Waals surface area (Å²) in [6.07, 6.45) is 1.09. The normalized spacial score (nSPS) is 16.4. The number of hydrogen-bond donors (Lipinski definition) is 2. The summed E-state index contributed by atoms with van der Waals surface area (Å²) >= 11 is 5.88. The summed E-state index contributed by atoms with van der Waals surface area (Å²) in [6, 6.07) is 12.6. The third-order valence-corrected chi connectivity index (χ3v) is 6.72. The number of amides is 1. The fraction of sp³-hybridized carbons (Fsp3) is 0.381. The molecule has 174 valence electrons. The number of nitrogens with one attached hydrogen (secondary N) is 1. The molecule has 9 nitrogen and oxygen atoms in total. The number of carbonyl (C=O) groups is 1. The van der Waals surface area contributed by atoms with E-state index in [-0.39, 0.29) is 6.54 Å². The van der Waals surface area contributed by atoms with Crippen LogP contribution in [0.2, 0.25) is 5.02 Å². The molecule has 2 aromatic carbocycles. The van der Waals surface area contributed by atoms with E-state index in [0.717, 1.165) is 23.7 Å². The number of carbonyl (C=O) groups excluding carboxylic acids is 1. The first-order valence-electron chi connectivity index (χ1n) is 10.0. The molecule has 2 aromatic rings. The molecule has 32 heavy (non-hydrogen) atoms. The van der Waals surface area contributed by atoms with Gasteiger partial charge in [0.05, 0.1) is 18.5 Å². The maximum atomic E-state index is 12.6. The van der Waals surface area contributed by atoms with Crippen LogP contribution < -0.4 is 14.5 Å². The van der Waals surface area contributed by atoms with Gasteiger partial charge in [-0.3, -0.25) is 19.2 Å². The van der Waals surface area contributed by atoms with E-state index in [1.54, 1.807) is 54.0 Å². The van der Waals surface area contributed by atoms with E-state index in [4.69, 9.17) is 16.3 Å². The molecule has 0 radical (unpaired) electrons. The molecular weight excluding hydrogens is 456 g/mol. The molecule has 0 spiro atoms. The summed E-state index contributed by atoms with van der Waals surface area (Å²) in [5, 5.41) is 9.83. The molecule has 1 heterocycles. The van der Waals surface area contributed by atoms with Crippen molar-refractivity contribution in [3.05, 3.63) is 53.6 Å². The SMILES string of the molecule is CN1CCN([C@@H](CN(c2ccc(Oc3ccc(Cl)cc3)cc2)S(C)(=O)=O)C(=O)NO)CC1. The van der Waals surface area contributed by atoms with Crippen LogP contribution in [0, 0.1) is 0 Å². The Balaban J connectivity index is 1.80. The minimum atomic E-state index is -3.70. The van der Waals surface area contributed by atoms with Crippen LogP contribution in [0.15, 0.2) is 48.5 Å². The van der Waals surface area contributed by atoms with Crippen LogP contribution in [-0.2, 0) is 14.8 Å². The van der Waals surface area contributed by atoms with E-state index in [1.807, 2.05) is 11.9 Å². The van der Waals surface area contributed by atoms with Crippen molar-refractivity contribution in [2.45, 2.75) is 6.04 Å². The summed E-state index contributed by atoms with van der Waals surface area (Å²) in [7, 11) is -1.72. The Morgan fingerprint density at radius 2 is 1.62 bits per heavy atom. The molecule has 1 aliphatic heterocycles. The first-order valence-corrected chi connectivity index (χ1v) is 12.3. The first-order chi connectivity index (χ1) is 15.2. The second-order valence-electron chi connectivity index (χ2n) is 7.68. The number of benzene rings is 2. The number of hydroxylamine groups is 1. The topological polar surface area (TPSA) is 102 Å². The van der Waals surface area contributed by atoms with Gasteiger partial charge in [-0.15, -0.1) is 0 Å². The van der Waals surface area contributed by atoms with Gasteiger partial charge in [0.2, 0.25) is 10.0 Å². The highest BCUT2D eigenvalue weighted by Crippen LogP contribution is 2.27. The summed E-state index contributed by atoms with van der Waals surface area (Å²) in [5.41, 5.74) is 2.07. The Labute approximate surface area is 193 Å². The number of nitrogens with zero attached hydrogens (tertiary/aromatic N) is 3. The number of piperazine rings is 1. The van der Waals surface area contributed by atoms with Gasteiger partial charge in [-0.25, -0.2) is 13.9 Å². The lowest BCUT2D eigenvalue weighted by atomic mass is 10.2. The van der Waals surface area contributed by atoms with Crippen LogP contribution in [0.1, 0.15) is 0 Å². The zero-order valence-electron chi connectivity index (χ0n) is 17.9. The lowest BCUT2D eigenvalue weighted by Crippen LogP contribution is -2.58. The molecule has 0 aromatic heterocycles. The third-order valence-electron chi connectivity index (χ3n) is 5.30. The first kappa shape index (κ1) is 24.3. The predicted molar refractivity (Wildman–Crippen MR) is 123 cm³/mol. The summed E-state index contributed by atoms with van der Waals surface area (Å²) in [5.74, 6) is 0.469.